The van der Waals surface area contributed by atoms with Crippen molar-refractivity contribution >= 4 is 45.4 Å². The van der Waals surface area contributed by atoms with Crippen molar-refractivity contribution in [1.29, 1.82) is 0 Å². The first-order valence-electron chi connectivity index (χ1n) is 5.48. The third kappa shape index (κ3) is 3.37. The van der Waals surface area contributed by atoms with Crippen LogP contribution in [0.3, 0.4) is 0 Å². The van der Waals surface area contributed by atoms with Crippen molar-refractivity contribution in [3.63, 3.8) is 0 Å². The van der Waals surface area contributed by atoms with Crippen LogP contribution in [0.2, 0.25) is 4.34 Å². The Morgan fingerprint density at radius 2 is 2.11 bits per heavy atom. The van der Waals surface area contributed by atoms with Crippen LogP contribution in [0.4, 0.5) is 0 Å². The third-order valence-electron chi connectivity index (χ3n) is 2.73. The van der Waals surface area contributed by atoms with E-state index < -0.39 is 10.0 Å². The van der Waals surface area contributed by atoms with Gasteiger partial charge in [0.1, 0.15) is 4.21 Å². The van der Waals surface area contributed by atoms with Gasteiger partial charge in [-0.1, -0.05) is 11.6 Å². The molecule has 0 bridgehead atoms. The first-order valence-corrected chi connectivity index (χ1v) is 8.12. The zero-order chi connectivity index (χ0) is 12.5. The monoisotopic (exact) mass is 330 g/mol. The molecule has 1 saturated heterocycles. The van der Waals surface area contributed by atoms with Gasteiger partial charge in [0.2, 0.25) is 0 Å². The number of rotatable bonds is 2. The van der Waals surface area contributed by atoms with Gasteiger partial charge < -0.3 is 5.32 Å². The predicted molar refractivity (Wildman–Crippen MR) is 77.6 cm³/mol. The molecule has 2 rings (SSSR count). The van der Waals surface area contributed by atoms with Gasteiger partial charge in [-0.2, -0.15) is 4.31 Å². The van der Waals surface area contributed by atoms with Gasteiger partial charge in [0.25, 0.3) is 10.0 Å². The fourth-order valence-electron chi connectivity index (χ4n) is 1.75. The number of aryl methyl sites for hydroxylation is 1. The Morgan fingerprint density at radius 1 is 1.39 bits per heavy atom. The van der Waals surface area contributed by atoms with Gasteiger partial charge in [-0.05, 0) is 31.5 Å². The largest absolute Gasteiger partial charge is 0.315 e. The fourth-order valence-corrected chi connectivity index (χ4v) is 5.09. The van der Waals surface area contributed by atoms with Crippen LogP contribution in [0, 0.1) is 6.92 Å². The highest BCUT2D eigenvalue weighted by Gasteiger charge is 2.27. The minimum Gasteiger partial charge on any atom is -0.315 e. The van der Waals surface area contributed by atoms with Crippen LogP contribution in [-0.4, -0.2) is 38.9 Å². The molecule has 0 atom stereocenters. The molecule has 0 unspecified atom stereocenters. The summed E-state index contributed by atoms with van der Waals surface area (Å²) < 4.78 is 27.1. The molecule has 1 N–H and O–H groups in total. The second kappa shape index (κ2) is 6.54. The van der Waals surface area contributed by atoms with E-state index in [-0.39, 0.29) is 12.4 Å². The molecule has 8 heteroatoms. The van der Waals surface area contributed by atoms with E-state index in [9.17, 15) is 8.42 Å². The van der Waals surface area contributed by atoms with Crippen LogP contribution in [0.15, 0.2) is 10.3 Å². The Balaban J connectivity index is 0.00000162. The summed E-state index contributed by atoms with van der Waals surface area (Å²) in [4.78, 5) is 0. The van der Waals surface area contributed by atoms with E-state index >= 15 is 0 Å². The van der Waals surface area contributed by atoms with E-state index in [1.165, 1.54) is 4.31 Å². The number of nitrogens with one attached hydrogen (secondary N) is 1. The van der Waals surface area contributed by atoms with Gasteiger partial charge in [-0.25, -0.2) is 8.42 Å². The minimum atomic E-state index is -3.36. The lowest BCUT2D eigenvalue weighted by Crippen LogP contribution is -2.33. The molecule has 1 aromatic heterocycles. The molecule has 2 heterocycles. The molecule has 4 nitrogen and oxygen atoms in total. The molecule has 0 spiro atoms. The number of halogens is 2. The summed E-state index contributed by atoms with van der Waals surface area (Å²) in [6.45, 7) is 4.50. The van der Waals surface area contributed by atoms with E-state index in [0.29, 0.717) is 28.2 Å². The van der Waals surface area contributed by atoms with Crippen molar-refractivity contribution in [2.45, 2.75) is 17.6 Å². The van der Waals surface area contributed by atoms with Crippen LogP contribution in [0.1, 0.15) is 12.0 Å². The quantitative estimate of drug-likeness (QED) is 0.903. The van der Waals surface area contributed by atoms with Gasteiger partial charge >= 0.3 is 0 Å². The van der Waals surface area contributed by atoms with Crippen LogP contribution in [0.5, 0.6) is 0 Å². The molecule has 1 aliphatic heterocycles. The van der Waals surface area contributed by atoms with Gasteiger partial charge in [-0.15, -0.1) is 23.7 Å². The van der Waals surface area contributed by atoms with E-state index in [1.54, 1.807) is 6.07 Å². The average Bonchev–Trinajstić information content (AvgIpc) is 2.54. The first kappa shape index (κ1) is 16.2. The topological polar surface area (TPSA) is 49.4 Å². The van der Waals surface area contributed by atoms with Crippen LogP contribution in [0.25, 0.3) is 0 Å². The molecule has 1 aliphatic rings. The van der Waals surface area contributed by atoms with Crippen molar-refractivity contribution in [1.82, 2.24) is 9.62 Å². The molecule has 0 aromatic carbocycles. The summed E-state index contributed by atoms with van der Waals surface area (Å²) in [5, 5.41) is 3.19. The Bertz CT molecular complexity index is 474. The summed E-state index contributed by atoms with van der Waals surface area (Å²) in [6.07, 6.45) is 0.845. The second-order valence-corrected chi connectivity index (χ2v) is 7.85. The average molecular weight is 331 g/mol. The van der Waals surface area contributed by atoms with E-state index in [1.807, 2.05) is 6.92 Å². The minimum absolute atomic E-state index is 0. The standard InChI is InChI=1S/C10H15ClN2O2S2.ClH/c1-8-7-9(16-10(8)11)17(14,15)13-5-2-3-12-4-6-13;/h7,12H,2-6H2,1H3;1H. The number of hydrogen-bond donors (Lipinski definition) is 1. The third-order valence-corrected chi connectivity index (χ3v) is 6.63. The molecule has 0 radical (unpaired) electrons. The number of thiophene rings is 1. The highest BCUT2D eigenvalue weighted by Crippen LogP contribution is 2.32. The van der Waals surface area contributed by atoms with E-state index in [4.69, 9.17) is 11.6 Å². The van der Waals surface area contributed by atoms with Gasteiger partial charge in [0.05, 0.1) is 4.34 Å². The summed E-state index contributed by atoms with van der Waals surface area (Å²) in [5.41, 5.74) is 0.822. The summed E-state index contributed by atoms with van der Waals surface area (Å²) in [5.74, 6) is 0. The SMILES string of the molecule is Cc1cc(S(=O)(=O)N2CCCNCC2)sc1Cl.Cl. The van der Waals surface area contributed by atoms with Crippen molar-refractivity contribution in [3.05, 3.63) is 16.0 Å². The van der Waals surface area contributed by atoms with Crippen molar-refractivity contribution in [3.8, 4) is 0 Å². The molecule has 18 heavy (non-hydrogen) atoms. The Kier molecular flexibility index (Phi) is 5.89. The van der Waals surface area contributed by atoms with Crippen molar-refractivity contribution < 1.29 is 8.42 Å². The predicted octanol–water partition coefficient (Wildman–Crippen LogP) is 2.12. The number of sulfonamides is 1. The lowest BCUT2D eigenvalue weighted by molar-refractivity contribution is 0.433. The van der Waals surface area contributed by atoms with Gasteiger partial charge in [0, 0.05) is 19.6 Å². The number of nitrogens with zero attached hydrogens (tertiary/aromatic N) is 1. The van der Waals surface area contributed by atoms with Crippen LogP contribution < -0.4 is 5.32 Å². The Labute approximate surface area is 123 Å². The zero-order valence-corrected chi connectivity index (χ0v) is 13.2. The second-order valence-electron chi connectivity index (χ2n) is 4.03. The molecule has 0 saturated carbocycles. The highest BCUT2D eigenvalue weighted by atomic mass is 35.5. The van der Waals surface area contributed by atoms with E-state index in [2.05, 4.69) is 5.32 Å². The zero-order valence-electron chi connectivity index (χ0n) is 9.98. The van der Waals surface area contributed by atoms with Gasteiger partial charge in [0.15, 0.2) is 0 Å². The van der Waals surface area contributed by atoms with Gasteiger partial charge in [-0.3, -0.25) is 0 Å². The van der Waals surface area contributed by atoms with E-state index in [0.717, 1.165) is 29.9 Å². The molecular formula is C10H16Cl2N2O2S2. The van der Waals surface area contributed by atoms with Crippen molar-refractivity contribution in [2.24, 2.45) is 0 Å². The molecule has 0 amide bonds. The molecule has 104 valence electrons. The molecular weight excluding hydrogens is 315 g/mol. The lowest BCUT2D eigenvalue weighted by atomic mass is 10.4. The summed E-state index contributed by atoms with van der Waals surface area (Å²) in [7, 11) is -3.36. The Morgan fingerprint density at radius 3 is 2.72 bits per heavy atom. The van der Waals surface area contributed by atoms with Crippen molar-refractivity contribution in [2.75, 3.05) is 26.2 Å². The highest BCUT2D eigenvalue weighted by molar-refractivity contribution is 7.91. The lowest BCUT2D eigenvalue weighted by Gasteiger charge is -2.18. The first-order chi connectivity index (χ1) is 8.01. The van der Waals surface area contributed by atoms with Crippen LogP contribution in [-0.2, 0) is 10.0 Å². The molecule has 1 aromatic rings. The summed E-state index contributed by atoms with van der Waals surface area (Å²) in [6, 6.07) is 1.65. The Hall–Kier alpha value is 0.150. The number of hydrogen-bond acceptors (Lipinski definition) is 4. The smallest absolute Gasteiger partial charge is 0.252 e. The molecule has 0 aliphatic carbocycles. The van der Waals surface area contributed by atoms with Crippen LogP contribution >= 0.6 is 35.3 Å². The maximum atomic E-state index is 12.4. The fraction of sp³-hybridized carbons (Fsp3) is 0.600. The maximum Gasteiger partial charge on any atom is 0.252 e. The normalized spacial score (nSPS) is 18.1. The molecule has 1 fully saturated rings. The maximum absolute atomic E-state index is 12.4. The summed E-state index contributed by atoms with van der Waals surface area (Å²) >= 11 is 7.07.